The predicted molar refractivity (Wildman–Crippen MR) is 66.5 cm³/mol. The molecule has 1 saturated carbocycles. The molecule has 1 aromatic rings. The number of benzene rings is 1. The molecule has 0 aromatic heterocycles. The lowest BCUT2D eigenvalue weighted by molar-refractivity contribution is 0.205. The van der Waals surface area contributed by atoms with Crippen LogP contribution < -0.4 is 5.32 Å². The van der Waals surface area contributed by atoms with E-state index in [1.807, 2.05) is 24.3 Å². The lowest BCUT2D eigenvalue weighted by Gasteiger charge is -2.19. The van der Waals surface area contributed by atoms with Gasteiger partial charge in [0.1, 0.15) is 0 Å². The molecule has 2 atom stereocenters. The summed E-state index contributed by atoms with van der Waals surface area (Å²) < 4.78 is 0. The zero-order valence-corrected chi connectivity index (χ0v) is 10.1. The summed E-state index contributed by atoms with van der Waals surface area (Å²) in [6.45, 7) is 1.16. The molecule has 3 heteroatoms. The Bertz CT molecular complexity index is 325. The van der Waals surface area contributed by atoms with E-state index >= 15 is 0 Å². The second-order valence-corrected chi connectivity index (χ2v) is 4.92. The van der Waals surface area contributed by atoms with Crippen molar-refractivity contribution in [2.24, 2.45) is 5.92 Å². The van der Waals surface area contributed by atoms with Crippen molar-refractivity contribution >= 4 is 11.6 Å². The van der Waals surface area contributed by atoms with Crippen molar-refractivity contribution < 1.29 is 5.11 Å². The summed E-state index contributed by atoms with van der Waals surface area (Å²) in [6, 6.07) is 8.38. The Morgan fingerprint density at radius 3 is 2.69 bits per heavy atom. The van der Waals surface area contributed by atoms with Crippen LogP contribution in [0.3, 0.4) is 0 Å². The summed E-state index contributed by atoms with van der Waals surface area (Å²) in [7, 11) is 0. The van der Waals surface area contributed by atoms with Gasteiger partial charge in [0.25, 0.3) is 0 Å². The van der Waals surface area contributed by atoms with Crippen LogP contribution in [0.25, 0.3) is 0 Å². The molecular weight excluding hydrogens is 222 g/mol. The van der Waals surface area contributed by atoms with Crippen molar-refractivity contribution in [1.82, 2.24) is 5.32 Å². The average molecular weight is 240 g/mol. The maximum atomic E-state index is 9.21. The van der Waals surface area contributed by atoms with E-state index in [1.54, 1.807) is 0 Å². The fourth-order valence-corrected chi connectivity index (χ4v) is 2.50. The normalized spacial score (nSPS) is 24.9. The molecule has 0 bridgehead atoms. The van der Waals surface area contributed by atoms with Crippen molar-refractivity contribution in [2.75, 3.05) is 6.61 Å². The second kappa shape index (κ2) is 5.67. The molecule has 1 fully saturated rings. The lowest BCUT2D eigenvalue weighted by Crippen LogP contribution is -2.33. The van der Waals surface area contributed by atoms with E-state index in [2.05, 4.69) is 5.32 Å². The molecule has 0 saturated heterocycles. The monoisotopic (exact) mass is 239 g/mol. The minimum absolute atomic E-state index is 0.304. The number of rotatable bonds is 4. The van der Waals surface area contributed by atoms with E-state index in [-0.39, 0.29) is 0 Å². The van der Waals surface area contributed by atoms with Crippen LogP contribution >= 0.6 is 11.6 Å². The van der Waals surface area contributed by atoms with Gasteiger partial charge in [0, 0.05) is 24.2 Å². The average Bonchev–Trinajstić information content (AvgIpc) is 2.76. The highest BCUT2D eigenvalue weighted by atomic mass is 35.5. The van der Waals surface area contributed by atoms with E-state index in [4.69, 9.17) is 11.6 Å². The van der Waals surface area contributed by atoms with Gasteiger partial charge in [-0.25, -0.2) is 0 Å². The first-order chi connectivity index (χ1) is 7.79. The van der Waals surface area contributed by atoms with Gasteiger partial charge < -0.3 is 10.4 Å². The van der Waals surface area contributed by atoms with Gasteiger partial charge in [-0.1, -0.05) is 30.2 Å². The third kappa shape index (κ3) is 2.97. The van der Waals surface area contributed by atoms with Crippen LogP contribution in [0.2, 0.25) is 5.02 Å². The quantitative estimate of drug-likeness (QED) is 0.847. The number of aliphatic hydroxyl groups is 1. The number of hydrogen-bond donors (Lipinski definition) is 2. The highest BCUT2D eigenvalue weighted by Crippen LogP contribution is 2.25. The molecule has 0 heterocycles. The van der Waals surface area contributed by atoms with Crippen molar-refractivity contribution in [3.8, 4) is 0 Å². The molecule has 16 heavy (non-hydrogen) atoms. The summed E-state index contributed by atoms with van der Waals surface area (Å²) in [5.41, 5.74) is 1.24. The van der Waals surface area contributed by atoms with Gasteiger partial charge in [-0.05, 0) is 36.5 Å². The van der Waals surface area contributed by atoms with E-state index in [9.17, 15) is 5.11 Å². The molecular formula is C13H18ClNO. The van der Waals surface area contributed by atoms with Crippen LogP contribution in [-0.2, 0) is 6.54 Å². The number of halogens is 1. The summed E-state index contributed by atoms with van der Waals surface area (Å²) >= 11 is 5.83. The summed E-state index contributed by atoms with van der Waals surface area (Å²) in [4.78, 5) is 0. The third-order valence-corrected chi connectivity index (χ3v) is 3.63. The molecule has 2 unspecified atom stereocenters. The summed E-state index contributed by atoms with van der Waals surface area (Å²) in [5, 5.41) is 13.5. The minimum Gasteiger partial charge on any atom is -0.396 e. The van der Waals surface area contributed by atoms with Gasteiger partial charge in [0.2, 0.25) is 0 Å². The van der Waals surface area contributed by atoms with E-state index < -0.39 is 0 Å². The zero-order valence-electron chi connectivity index (χ0n) is 9.32. The minimum atomic E-state index is 0.304. The van der Waals surface area contributed by atoms with E-state index in [0.29, 0.717) is 18.6 Å². The highest BCUT2D eigenvalue weighted by molar-refractivity contribution is 6.30. The number of aliphatic hydroxyl groups excluding tert-OH is 1. The Kier molecular flexibility index (Phi) is 4.22. The van der Waals surface area contributed by atoms with Crippen molar-refractivity contribution in [2.45, 2.75) is 31.8 Å². The first-order valence-electron chi connectivity index (χ1n) is 5.88. The molecule has 2 rings (SSSR count). The maximum Gasteiger partial charge on any atom is 0.0474 e. The van der Waals surface area contributed by atoms with Gasteiger partial charge >= 0.3 is 0 Å². The first-order valence-corrected chi connectivity index (χ1v) is 6.26. The lowest BCUT2D eigenvalue weighted by atomic mass is 10.0. The third-order valence-electron chi connectivity index (χ3n) is 3.38. The fraction of sp³-hybridized carbons (Fsp3) is 0.538. The van der Waals surface area contributed by atoms with Gasteiger partial charge in [-0.15, -0.1) is 0 Å². The van der Waals surface area contributed by atoms with Crippen LogP contribution in [-0.4, -0.2) is 17.8 Å². The largest absolute Gasteiger partial charge is 0.396 e. The van der Waals surface area contributed by atoms with Crippen LogP contribution in [0.1, 0.15) is 24.8 Å². The predicted octanol–water partition coefficient (Wildman–Crippen LogP) is 2.59. The Morgan fingerprint density at radius 2 is 2.00 bits per heavy atom. The van der Waals surface area contributed by atoms with Crippen molar-refractivity contribution in [3.05, 3.63) is 34.9 Å². The second-order valence-electron chi connectivity index (χ2n) is 4.49. The van der Waals surface area contributed by atoms with Gasteiger partial charge in [-0.3, -0.25) is 0 Å². The Hall–Kier alpha value is -0.570. The smallest absolute Gasteiger partial charge is 0.0474 e. The highest BCUT2D eigenvalue weighted by Gasteiger charge is 2.25. The molecule has 2 N–H and O–H groups in total. The van der Waals surface area contributed by atoms with Crippen LogP contribution in [0.15, 0.2) is 24.3 Å². The van der Waals surface area contributed by atoms with E-state index in [1.165, 1.54) is 18.4 Å². The van der Waals surface area contributed by atoms with Gasteiger partial charge in [0.15, 0.2) is 0 Å². The van der Waals surface area contributed by atoms with Crippen molar-refractivity contribution in [3.63, 3.8) is 0 Å². The summed E-state index contributed by atoms with van der Waals surface area (Å²) in [5.74, 6) is 0.437. The molecule has 88 valence electrons. The molecule has 0 aliphatic heterocycles. The number of nitrogens with one attached hydrogen (secondary N) is 1. The Morgan fingerprint density at radius 1 is 1.25 bits per heavy atom. The standard InChI is InChI=1S/C13H18ClNO/c14-12-6-4-10(5-7-12)8-15-13-3-1-2-11(13)9-16/h4-7,11,13,15-16H,1-3,8-9H2. The molecule has 2 nitrogen and oxygen atoms in total. The molecule has 0 radical (unpaired) electrons. The molecule has 0 amide bonds. The SMILES string of the molecule is OCC1CCCC1NCc1ccc(Cl)cc1. The van der Waals surface area contributed by atoms with Crippen LogP contribution in [0, 0.1) is 5.92 Å². The fourth-order valence-electron chi connectivity index (χ4n) is 2.38. The summed E-state index contributed by atoms with van der Waals surface area (Å²) in [6.07, 6.45) is 3.55. The molecule has 0 spiro atoms. The Balaban J connectivity index is 1.85. The molecule has 1 aliphatic carbocycles. The zero-order chi connectivity index (χ0) is 11.4. The topological polar surface area (TPSA) is 32.3 Å². The Labute approximate surface area is 102 Å². The maximum absolute atomic E-state index is 9.21. The molecule has 1 aliphatic rings. The van der Waals surface area contributed by atoms with Gasteiger partial charge in [0.05, 0.1) is 0 Å². The number of hydrogen-bond acceptors (Lipinski definition) is 2. The van der Waals surface area contributed by atoms with Gasteiger partial charge in [-0.2, -0.15) is 0 Å². The van der Waals surface area contributed by atoms with Crippen LogP contribution in [0.5, 0.6) is 0 Å². The van der Waals surface area contributed by atoms with Crippen LogP contribution in [0.4, 0.5) is 0 Å². The van der Waals surface area contributed by atoms with E-state index in [0.717, 1.165) is 18.0 Å². The van der Waals surface area contributed by atoms with Crippen molar-refractivity contribution in [1.29, 1.82) is 0 Å². The molecule has 1 aromatic carbocycles. The first kappa shape index (κ1) is 11.9.